The third kappa shape index (κ3) is 5.09. The van der Waals surface area contributed by atoms with E-state index in [1.807, 2.05) is 42.5 Å². The Morgan fingerprint density at radius 1 is 0.974 bits per heavy atom. The largest absolute Gasteiger partial charge is 0.493 e. The molecule has 0 saturated carbocycles. The number of carbonyl (C=O) groups is 3. The molecule has 1 amide bonds. The first-order valence-electron chi connectivity index (χ1n) is 12.4. The van der Waals surface area contributed by atoms with Gasteiger partial charge in [0.1, 0.15) is 5.69 Å². The van der Waals surface area contributed by atoms with Gasteiger partial charge in [0.15, 0.2) is 18.1 Å². The number of hydrogen-bond donors (Lipinski definition) is 1. The normalized spacial score (nSPS) is 14.4. The molecule has 1 N–H and O–H groups in total. The van der Waals surface area contributed by atoms with Crippen LogP contribution in [0.15, 0.2) is 42.5 Å². The summed E-state index contributed by atoms with van der Waals surface area (Å²) >= 11 is 0. The van der Waals surface area contributed by atoms with Crippen LogP contribution in [0, 0.1) is 13.8 Å². The molecule has 3 aromatic rings. The number of aromatic amines is 1. The van der Waals surface area contributed by atoms with E-state index >= 15 is 0 Å². The Bertz CT molecular complexity index is 1350. The summed E-state index contributed by atoms with van der Waals surface area (Å²) in [6.45, 7) is 5.24. The van der Waals surface area contributed by atoms with E-state index in [-0.39, 0.29) is 18.2 Å². The van der Waals surface area contributed by atoms with Crippen molar-refractivity contribution >= 4 is 17.8 Å². The van der Waals surface area contributed by atoms with E-state index < -0.39 is 24.6 Å². The highest BCUT2D eigenvalue weighted by molar-refractivity contribution is 5.99. The predicted octanol–water partition coefficient (Wildman–Crippen LogP) is 4.16. The van der Waals surface area contributed by atoms with Gasteiger partial charge in [-0.2, -0.15) is 0 Å². The number of hydrogen-bond acceptors (Lipinski definition) is 7. The number of esters is 2. The monoisotopic (exact) mass is 520 g/mol. The van der Waals surface area contributed by atoms with Crippen molar-refractivity contribution < 1.29 is 33.3 Å². The quantitative estimate of drug-likeness (QED) is 0.445. The van der Waals surface area contributed by atoms with Gasteiger partial charge in [0.05, 0.1) is 32.4 Å². The molecule has 2 heterocycles. The molecule has 2 aromatic carbocycles. The molecular formula is C29H32N2O7. The number of nitrogens with one attached hydrogen (secondary N) is 1. The molecule has 1 aliphatic heterocycles. The number of benzene rings is 2. The highest BCUT2D eigenvalue weighted by Crippen LogP contribution is 2.41. The van der Waals surface area contributed by atoms with E-state index in [4.69, 9.17) is 18.9 Å². The number of amides is 1. The van der Waals surface area contributed by atoms with Crippen molar-refractivity contribution in [2.75, 3.05) is 34.0 Å². The Morgan fingerprint density at radius 3 is 2.32 bits per heavy atom. The highest BCUT2D eigenvalue weighted by Gasteiger charge is 2.34. The average Bonchev–Trinajstić information content (AvgIpc) is 3.24. The van der Waals surface area contributed by atoms with Gasteiger partial charge in [0.25, 0.3) is 5.91 Å². The molecule has 0 aliphatic carbocycles. The topological polar surface area (TPSA) is 107 Å². The number of carbonyl (C=O) groups excluding carboxylic acids is 3. The van der Waals surface area contributed by atoms with E-state index in [1.54, 1.807) is 39.9 Å². The Morgan fingerprint density at radius 2 is 1.66 bits per heavy atom. The lowest BCUT2D eigenvalue weighted by atomic mass is 9.87. The second-order valence-electron chi connectivity index (χ2n) is 8.98. The number of methoxy groups -OCH3 is 2. The highest BCUT2D eigenvalue weighted by atomic mass is 16.5. The molecule has 0 bridgehead atoms. The smallest absolute Gasteiger partial charge is 0.355 e. The summed E-state index contributed by atoms with van der Waals surface area (Å²) in [5.41, 5.74) is 4.26. The molecule has 0 saturated heterocycles. The maximum absolute atomic E-state index is 13.5. The van der Waals surface area contributed by atoms with E-state index in [0.717, 1.165) is 16.7 Å². The first-order chi connectivity index (χ1) is 18.3. The van der Waals surface area contributed by atoms with Crippen LogP contribution in [-0.4, -0.2) is 61.7 Å². The molecule has 1 atom stereocenters. The summed E-state index contributed by atoms with van der Waals surface area (Å²) in [5, 5.41) is 0. The van der Waals surface area contributed by atoms with Crippen molar-refractivity contribution in [1.29, 1.82) is 0 Å². The van der Waals surface area contributed by atoms with Crippen LogP contribution in [0.4, 0.5) is 0 Å². The second kappa shape index (κ2) is 11.4. The Labute approximate surface area is 221 Å². The van der Waals surface area contributed by atoms with Gasteiger partial charge in [-0.05, 0) is 61.6 Å². The molecule has 1 aromatic heterocycles. The van der Waals surface area contributed by atoms with E-state index in [2.05, 4.69) is 4.98 Å². The fourth-order valence-corrected chi connectivity index (χ4v) is 4.96. The van der Waals surface area contributed by atoms with Crippen LogP contribution in [0.1, 0.15) is 61.8 Å². The van der Waals surface area contributed by atoms with Crippen molar-refractivity contribution in [3.8, 4) is 11.5 Å². The molecule has 1 aliphatic rings. The fraction of sp³-hybridized carbons (Fsp3) is 0.345. The zero-order chi connectivity index (χ0) is 27.4. The van der Waals surface area contributed by atoms with Crippen molar-refractivity contribution in [3.63, 3.8) is 0 Å². The minimum Gasteiger partial charge on any atom is -0.493 e. The predicted molar refractivity (Wildman–Crippen MR) is 140 cm³/mol. The van der Waals surface area contributed by atoms with Gasteiger partial charge in [-0.25, -0.2) is 9.59 Å². The third-order valence-electron chi connectivity index (χ3n) is 6.76. The van der Waals surface area contributed by atoms with Crippen molar-refractivity contribution in [3.05, 3.63) is 81.7 Å². The van der Waals surface area contributed by atoms with Gasteiger partial charge >= 0.3 is 11.9 Å². The summed E-state index contributed by atoms with van der Waals surface area (Å²) in [6, 6.07) is 13.1. The molecule has 0 radical (unpaired) electrons. The van der Waals surface area contributed by atoms with Crippen LogP contribution in [0.5, 0.6) is 11.5 Å². The summed E-state index contributed by atoms with van der Waals surface area (Å²) < 4.78 is 21.5. The standard InChI is InChI=1S/C29H32N2O7/c1-6-37-28(33)25-17(2)26(30-18(25)3)29(34)38-16-24(32)31-13-12-20-14-22(35-4)23(36-5)15-21(20)27(31)19-10-8-7-9-11-19/h7-11,14-15,27,30H,6,12-13,16H2,1-5H3/t27-/m0/s1. The molecule has 9 nitrogen and oxygen atoms in total. The van der Waals surface area contributed by atoms with Crippen LogP contribution in [0.3, 0.4) is 0 Å². The molecule has 0 unspecified atom stereocenters. The second-order valence-corrected chi connectivity index (χ2v) is 8.98. The molecule has 38 heavy (non-hydrogen) atoms. The lowest BCUT2D eigenvalue weighted by molar-refractivity contribution is -0.136. The van der Waals surface area contributed by atoms with Crippen LogP contribution in [0.25, 0.3) is 0 Å². The van der Waals surface area contributed by atoms with Crippen LogP contribution in [0.2, 0.25) is 0 Å². The first-order valence-corrected chi connectivity index (χ1v) is 12.4. The van der Waals surface area contributed by atoms with Crippen LogP contribution in [-0.2, 0) is 20.7 Å². The molecule has 0 spiro atoms. The number of aryl methyl sites for hydroxylation is 1. The summed E-state index contributed by atoms with van der Waals surface area (Å²) in [6.07, 6.45) is 0.608. The molecule has 200 valence electrons. The van der Waals surface area contributed by atoms with E-state index in [9.17, 15) is 14.4 Å². The molecule has 4 rings (SSSR count). The maximum atomic E-state index is 13.5. The van der Waals surface area contributed by atoms with Crippen LogP contribution < -0.4 is 9.47 Å². The number of fused-ring (bicyclic) bond motifs is 1. The fourth-order valence-electron chi connectivity index (χ4n) is 4.96. The number of H-pyrrole nitrogens is 1. The van der Waals surface area contributed by atoms with Crippen molar-refractivity contribution in [1.82, 2.24) is 9.88 Å². The average molecular weight is 521 g/mol. The van der Waals surface area contributed by atoms with E-state index in [1.165, 1.54) is 0 Å². The zero-order valence-corrected chi connectivity index (χ0v) is 22.3. The van der Waals surface area contributed by atoms with E-state index in [0.29, 0.717) is 41.3 Å². The van der Waals surface area contributed by atoms with Crippen molar-refractivity contribution in [2.45, 2.75) is 33.2 Å². The minimum atomic E-state index is -0.713. The summed E-state index contributed by atoms with van der Waals surface area (Å²) in [5.74, 6) is -0.360. The lowest BCUT2D eigenvalue weighted by Crippen LogP contribution is -2.42. The molecule has 9 heteroatoms. The number of ether oxygens (including phenoxy) is 4. The first kappa shape index (κ1) is 26.8. The van der Waals surface area contributed by atoms with Gasteiger partial charge in [0.2, 0.25) is 0 Å². The third-order valence-corrected chi connectivity index (χ3v) is 6.76. The summed E-state index contributed by atoms with van der Waals surface area (Å²) in [7, 11) is 3.17. The number of rotatable bonds is 8. The molecule has 0 fully saturated rings. The molecular weight excluding hydrogens is 488 g/mol. The number of nitrogens with zero attached hydrogens (tertiary/aromatic N) is 1. The van der Waals surface area contributed by atoms with Gasteiger partial charge in [-0.3, -0.25) is 4.79 Å². The maximum Gasteiger partial charge on any atom is 0.355 e. The lowest BCUT2D eigenvalue weighted by Gasteiger charge is -2.38. The SMILES string of the molecule is CCOC(=O)c1c(C)[nH]c(C(=O)OCC(=O)N2CCc3cc(OC)c(OC)cc3[C@@H]2c2ccccc2)c1C. The summed E-state index contributed by atoms with van der Waals surface area (Å²) in [4.78, 5) is 43.3. The Balaban J connectivity index is 1.58. The minimum absolute atomic E-state index is 0.124. The zero-order valence-electron chi connectivity index (χ0n) is 22.3. The Kier molecular flexibility index (Phi) is 8.05. The van der Waals surface area contributed by atoms with Gasteiger partial charge in [-0.1, -0.05) is 30.3 Å². The van der Waals surface area contributed by atoms with Crippen LogP contribution >= 0.6 is 0 Å². The Hall–Kier alpha value is -4.27. The number of aromatic nitrogens is 1. The van der Waals surface area contributed by atoms with Crippen molar-refractivity contribution in [2.24, 2.45) is 0 Å². The van der Waals surface area contributed by atoms with Gasteiger partial charge < -0.3 is 28.8 Å². The van der Waals surface area contributed by atoms with Gasteiger partial charge in [-0.15, -0.1) is 0 Å². The van der Waals surface area contributed by atoms with Gasteiger partial charge in [0, 0.05) is 12.2 Å².